The third-order valence-electron chi connectivity index (χ3n) is 14.4. The molecule has 0 bridgehead atoms. The van der Waals surface area contributed by atoms with Gasteiger partial charge in [0, 0.05) is 15.3 Å². The van der Waals surface area contributed by atoms with E-state index >= 15 is 0 Å². The van der Waals surface area contributed by atoms with E-state index in [0.717, 1.165) is 23.2 Å². The summed E-state index contributed by atoms with van der Waals surface area (Å²) in [6.45, 7) is 20.1. The first-order chi connectivity index (χ1) is 19.1. The summed E-state index contributed by atoms with van der Waals surface area (Å²) in [4.78, 5) is 13.2. The van der Waals surface area contributed by atoms with Crippen LogP contribution in [0.25, 0.3) is 0 Å². The molecule has 4 heteroatoms. The van der Waals surface area contributed by atoms with Gasteiger partial charge < -0.3 is 9.47 Å². The third kappa shape index (κ3) is 4.37. The van der Waals surface area contributed by atoms with Crippen LogP contribution in [0, 0.1) is 45.3 Å². The van der Waals surface area contributed by atoms with Gasteiger partial charge in [-0.3, -0.25) is 0 Å². The molecule has 0 radical (unpaired) electrons. The van der Waals surface area contributed by atoms with E-state index in [4.69, 9.17) is 9.47 Å². The number of esters is 1. The van der Waals surface area contributed by atoms with Gasteiger partial charge in [0.2, 0.25) is 0 Å². The molecule has 1 saturated heterocycles. The average molecular weight is 628 g/mol. The maximum Gasteiger partial charge on any atom is 0.338 e. The van der Waals surface area contributed by atoms with Crippen molar-refractivity contribution in [1.29, 1.82) is 0 Å². The van der Waals surface area contributed by atoms with E-state index in [-0.39, 0.29) is 34.1 Å². The zero-order valence-corrected chi connectivity index (χ0v) is 28.7. The van der Waals surface area contributed by atoms with Crippen LogP contribution in [0.4, 0.5) is 0 Å². The van der Waals surface area contributed by atoms with Crippen molar-refractivity contribution in [3.8, 4) is 0 Å². The van der Waals surface area contributed by atoms with Gasteiger partial charge in [0.25, 0.3) is 0 Å². The first kappa shape index (κ1) is 30.2. The summed E-state index contributed by atoms with van der Waals surface area (Å²) in [6.07, 6.45) is 13.4. The van der Waals surface area contributed by atoms with Crippen LogP contribution in [0.3, 0.4) is 0 Å². The van der Waals surface area contributed by atoms with Gasteiger partial charge in [0.15, 0.2) is 0 Å². The summed E-state index contributed by atoms with van der Waals surface area (Å²) in [5.41, 5.74) is 1.27. The number of halogens is 1. The van der Waals surface area contributed by atoms with Crippen LogP contribution in [0.5, 0.6) is 0 Å². The Balaban J connectivity index is 1.28. The Labute approximate surface area is 258 Å². The van der Waals surface area contributed by atoms with Crippen molar-refractivity contribution in [2.45, 2.75) is 143 Å². The molecule has 1 spiro atoms. The fourth-order valence-electron chi connectivity index (χ4n) is 12.4. The molecule has 9 atom stereocenters. The molecule has 1 aromatic carbocycles. The number of hydrogen-bond donors (Lipinski definition) is 0. The highest BCUT2D eigenvalue weighted by molar-refractivity contribution is 9.10. The minimum Gasteiger partial charge on any atom is -0.458 e. The fraction of sp³-hybridized carbons (Fsp3) is 0.811. The van der Waals surface area contributed by atoms with Crippen molar-refractivity contribution in [3.63, 3.8) is 0 Å². The average Bonchev–Trinajstić information content (AvgIpc) is 2.88. The molecule has 0 aromatic heterocycles. The predicted molar refractivity (Wildman–Crippen MR) is 170 cm³/mol. The molecule has 3 nitrogen and oxygen atoms in total. The lowest BCUT2D eigenvalue weighted by molar-refractivity contribution is -0.341. The van der Waals surface area contributed by atoms with Crippen molar-refractivity contribution in [3.05, 3.63) is 34.3 Å². The molecule has 228 valence electrons. The lowest BCUT2D eigenvalue weighted by atomic mass is 9.40. The highest BCUT2D eigenvalue weighted by Gasteiger charge is 2.70. The van der Waals surface area contributed by atoms with E-state index in [1.165, 1.54) is 57.8 Å². The minimum absolute atomic E-state index is 0.0505. The predicted octanol–water partition coefficient (Wildman–Crippen LogP) is 10.4. The Morgan fingerprint density at radius 1 is 0.805 bits per heavy atom. The van der Waals surface area contributed by atoms with Gasteiger partial charge in [-0.2, -0.15) is 0 Å². The zero-order chi connectivity index (χ0) is 29.6. The maximum absolute atomic E-state index is 13.2. The molecular weight excluding hydrogens is 572 g/mol. The number of carbonyl (C=O) groups is 1. The number of ether oxygens (including phenoxy) is 2. The van der Waals surface area contributed by atoms with Crippen molar-refractivity contribution < 1.29 is 14.3 Å². The molecule has 1 heterocycles. The Morgan fingerprint density at radius 2 is 1.49 bits per heavy atom. The molecule has 4 aliphatic carbocycles. The van der Waals surface area contributed by atoms with Crippen LogP contribution < -0.4 is 0 Å². The van der Waals surface area contributed by atoms with E-state index in [1.54, 1.807) is 0 Å². The second-order valence-electron chi connectivity index (χ2n) is 17.0. The van der Waals surface area contributed by atoms with Crippen molar-refractivity contribution >= 4 is 21.9 Å². The maximum atomic E-state index is 13.2. The SMILES string of the molecule is C[C@@H]1CC[C@H]2C(C)(C)[C@@H](OC(=O)c3ccc(Br)cc3)CC[C@]2(C)[C@]12CC[C@@H]1[C@@]3(C)CCCC(C)(C)[C@@H]3CC[C@@]1(C)O2. The Bertz CT molecular complexity index is 1170. The van der Waals surface area contributed by atoms with Crippen molar-refractivity contribution in [2.75, 3.05) is 0 Å². The van der Waals surface area contributed by atoms with Gasteiger partial charge in [-0.05, 0) is 130 Å². The molecule has 1 aliphatic heterocycles. The normalized spacial score (nSPS) is 46.6. The van der Waals surface area contributed by atoms with E-state index in [9.17, 15) is 4.79 Å². The Kier molecular flexibility index (Phi) is 7.22. The van der Waals surface area contributed by atoms with Crippen LogP contribution in [0.2, 0.25) is 0 Å². The lowest BCUT2D eigenvalue weighted by Crippen LogP contribution is -2.72. The fourth-order valence-corrected chi connectivity index (χ4v) is 12.6. The highest BCUT2D eigenvalue weighted by atomic mass is 79.9. The third-order valence-corrected chi connectivity index (χ3v) is 14.9. The summed E-state index contributed by atoms with van der Waals surface area (Å²) >= 11 is 3.48. The molecule has 0 amide bonds. The lowest BCUT2D eigenvalue weighted by Gasteiger charge is -2.72. The van der Waals surface area contributed by atoms with Gasteiger partial charge in [-0.25, -0.2) is 4.79 Å². The number of benzene rings is 1. The van der Waals surface area contributed by atoms with E-state index in [2.05, 4.69) is 71.3 Å². The van der Waals surface area contributed by atoms with Crippen molar-refractivity contribution in [1.82, 2.24) is 0 Å². The first-order valence-corrected chi connectivity index (χ1v) is 17.6. The van der Waals surface area contributed by atoms with Crippen LogP contribution in [0.15, 0.2) is 28.7 Å². The summed E-state index contributed by atoms with van der Waals surface area (Å²) in [5.74, 6) is 2.27. The molecule has 0 N–H and O–H groups in total. The number of carbonyl (C=O) groups excluding carboxylic acids is 1. The monoisotopic (exact) mass is 626 g/mol. The Hall–Kier alpha value is -0.870. The summed E-state index contributed by atoms with van der Waals surface area (Å²) in [5, 5.41) is 0. The molecule has 5 aliphatic rings. The van der Waals surface area contributed by atoms with Crippen LogP contribution in [0.1, 0.15) is 136 Å². The second-order valence-corrected chi connectivity index (χ2v) is 18.0. The standard InChI is InChI=1S/C37H55BrO3/c1-24-10-15-28-33(4,5)30(40-31(39)25-11-13-26(38)14-12-25)18-21-35(28,7)37(24)23-17-29-34(6)20-9-19-32(2,3)27(34)16-22-36(29,8)41-37/h11-14,24,27-30H,9-10,15-23H2,1-8H3/t24-,27+,28+,29-,30+,34+,35+,36-,37+/m1/s1. The zero-order valence-electron chi connectivity index (χ0n) is 27.1. The van der Waals surface area contributed by atoms with E-state index in [0.29, 0.717) is 34.1 Å². The largest absolute Gasteiger partial charge is 0.458 e. The molecule has 41 heavy (non-hydrogen) atoms. The Morgan fingerprint density at radius 3 is 2.20 bits per heavy atom. The van der Waals surface area contributed by atoms with Crippen LogP contribution >= 0.6 is 15.9 Å². The van der Waals surface area contributed by atoms with Gasteiger partial charge in [0.1, 0.15) is 6.10 Å². The van der Waals surface area contributed by atoms with Crippen LogP contribution in [-0.4, -0.2) is 23.3 Å². The van der Waals surface area contributed by atoms with Gasteiger partial charge in [-0.15, -0.1) is 0 Å². The summed E-state index contributed by atoms with van der Waals surface area (Å²) < 4.78 is 15.2. The van der Waals surface area contributed by atoms with Gasteiger partial charge >= 0.3 is 5.97 Å². The van der Waals surface area contributed by atoms with Gasteiger partial charge in [0.05, 0.1) is 16.8 Å². The second kappa shape index (κ2) is 9.82. The number of fused-ring (bicyclic) bond motifs is 5. The molecule has 5 fully saturated rings. The summed E-state index contributed by atoms with van der Waals surface area (Å²) in [6, 6.07) is 7.56. The van der Waals surface area contributed by atoms with E-state index in [1.807, 2.05) is 24.3 Å². The molecule has 1 aromatic rings. The van der Waals surface area contributed by atoms with E-state index < -0.39 is 0 Å². The molecule has 6 rings (SSSR count). The number of hydrogen-bond acceptors (Lipinski definition) is 3. The molecule has 4 saturated carbocycles. The van der Waals surface area contributed by atoms with Crippen molar-refractivity contribution in [2.24, 2.45) is 45.3 Å². The topological polar surface area (TPSA) is 35.5 Å². The minimum atomic E-state index is -0.192. The molecule has 0 unspecified atom stereocenters. The summed E-state index contributed by atoms with van der Waals surface area (Å²) in [7, 11) is 0. The molecular formula is C37H55BrO3. The highest BCUT2D eigenvalue weighted by Crippen LogP contribution is 2.71. The smallest absolute Gasteiger partial charge is 0.338 e. The first-order valence-electron chi connectivity index (χ1n) is 16.8. The van der Waals surface area contributed by atoms with Gasteiger partial charge in [-0.1, -0.05) is 70.8 Å². The van der Waals surface area contributed by atoms with Crippen LogP contribution in [-0.2, 0) is 9.47 Å². The quantitative estimate of drug-likeness (QED) is 0.306. The number of rotatable bonds is 2.